The normalized spacial score (nSPS) is 9.44. The fraction of sp³-hybridized carbons (Fsp3) is 0.333. The maximum Gasteiger partial charge on any atom is 0.125 e. The van der Waals surface area contributed by atoms with E-state index in [1.807, 2.05) is 17.8 Å². The molecule has 1 rings (SSSR count). The summed E-state index contributed by atoms with van der Waals surface area (Å²) >= 11 is 0. The second-order valence-corrected chi connectivity index (χ2v) is 1.90. The van der Waals surface area contributed by atoms with E-state index in [1.54, 1.807) is 6.33 Å². The van der Waals surface area contributed by atoms with Crippen LogP contribution < -0.4 is 0 Å². The van der Waals surface area contributed by atoms with Crippen LogP contribution in [0.2, 0.25) is 0 Å². The number of aldehydes is 1. The van der Waals surface area contributed by atoms with Crippen molar-refractivity contribution >= 4 is 6.29 Å². The van der Waals surface area contributed by atoms with Crippen molar-refractivity contribution in [3.05, 3.63) is 18.2 Å². The number of hydrogen-bond acceptors (Lipinski definition) is 2. The molecule has 3 heteroatoms. The lowest BCUT2D eigenvalue weighted by Crippen LogP contribution is -1.84. The summed E-state index contributed by atoms with van der Waals surface area (Å²) in [6, 6.07) is 0. The van der Waals surface area contributed by atoms with Gasteiger partial charge < -0.3 is 9.36 Å². The van der Waals surface area contributed by atoms with Gasteiger partial charge in [-0.25, -0.2) is 4.98 Å². The van der Waals surface area contributed by atoms with Gasteiger partial charge in [0.05, 0.1) is 12.0 Å². The Morgan fingerprint density at radius 1 is 1.89 bits per heavy atom. The maximum absolute atomic E-state index is 9.93. The SMILES string of the molecule is Cn1cnc(CC=O)c1. The molecule has 0 bridgehead atoms. The standard InChI is InChI=1S/C6H8N2O/c1-8-4-6(2-3-9)7-5-8/h3-5H,2H2,1H3. The molecule has 0 saturated heterocycles. The van der Waals surface area contributed by atoms with E-state index >= 15 is 0 Å². The zero-order chi connectivity index (χ0) is 6.69. The average molecular weight is 124 g/mol. The van der Waals surface area contributed by atoms with Crippen LogP contribution in [0.5, 0.6) is 0 Å². The van der Waals surface area contributed by atoms with Crippen molar-refractivity contribution < 1.29 is 4.79 Å². The minimum absolute atomic E-state index is 0.418. The van der Waals surface area contributed by atoms with Crippen LogP contribution in [-0.2, 0) is 18.3 Å². The third-order valence-electron chi connectivity index (χ3n) is 1.05. The Balaban J connectivity index is 2.72. The van der Waals surface area contributed by atoms with E-state index in [2.05, 4.69) is 4.98 Å². The molecule has 0 radical (unpaired) electrons. The molecule has 1 aromatic rings. The zero-order valence-corrected chi connectivity index (χ0v) is 5.24. The van der Waals surface area contributed by atoms with Crippen molar-refractivity contribution in [2.24, 2.45) is 7.05 Å². The molecule has 48 valence electrons. The van der Waals surface area contributed by atoms with Gasteiger partial charge in [0.1, 0.15) is 6.29 Å². The molecule has 0 saturated carbocycles. The van der Waals surface area contributed by atoms with Crippen LogP contribution in [0.3, 0.4) is 0 Å². The van der Waals surface area contributed by atoms with E-state index in [9.17, 15) is 4.79 Å². The highest BCUT2D eigenvalue weighted by molar-refractivity contribution is 5.53. The Labute approximate surface area is 53.3 Å². The molecule has 0 aromatic carbocycles. The second kappa shape index (κ2) is 2.44. The number of imidazole rings is 1. The van der Waals surface area contributed by atoms with Crippen molar-refractivity contribution in [2.75, 3.05) is 0 Å². The molecule has 9 heavy (non-hydrogen) atoms. The van der Waals surface area contributed by atoms with Crippen molar-refractivity contribution in [2.45, 2.75) is 6.42 Å². The Morgan fingerprint density at radius 3 is 3.11 bits per heavy atom. The minimum Gasteiger partial charge on any atom is -0.340 e. The van der Waals surface area contributed by atoms with Crippen LogP contribution in [0.25, 0.3) is 0 Å². The van der Waals surface area contributed by atoms with Gasteiger partial charge in [-0.3, -0.25) is 0 Å². The molecule has 0 aliphatic rings. The summed E-state index contributed by atoms with van der Waals surface area (Å²) in [5.74, 6) is 0. The quantitative estimate of drug-likeness (QED) is 0.526. The molecular weight excluding hydrogens is 116 g/mol. The van der Waals surface area contributed by atoms with E-state index < -0.39 is 0 Å². The fourth-order valence-electron chi connectivity index (χ4n) is 0.658. The van der Waals surface area contributed by atoms with Crippen molar-refractivity contribution in [1.29, 1.82) is 0 Å². The summed E-state index contributed by atoms with van der Waals surface area (Å²) in [5, 5.41) is 0. The molecule has 1 heterocycles. The lowest BCUT2D eigenvalue weighted by atomic mass is 10.4. The van der Waals surface area contributed by atoms with Gasteiger partial charge in [0.2, 0.25) is 0 Å². The largest absolute Gasteiger partial charge is 0.340 e. The van der Waals surface area contributed by atoms with Crippen LogP contribution >= 0.6 is 0 Å². The van der Waals surface area contributed by atoms with Crippen LogP contribution in [0, 0.1) is 0 Å². The summed E-state index contributed by atoms with van der Waals surface area (Å²) < 4.78 is 1.82. The molecule has 0 atom stereocenters. The van der Waals surface area contributed by atoms with Gasteiger partial charge in [-0.1, -0.05) is 0 Å². The minimum atomic E-state index is 0.418. The van der Waals surface area contributed by atoms with Crippen molar-refractivity contribution in [3.8, 4) is 0 Å². The van der Waals surface area contributed by atoms with Gasteiger partial charge >= 0.3 is 0 Å². The fourth-order valence-corrected chi connectivity index (χ4v) is 0.658. The predicted molar refractivity (Wildman–Crippen MR) is 33.0 cm³/mol. The smallest absolute Gasteiger partial charge is 0.125 e. The lowest BCUT2D eigenvalue weighted by molar-refractivity contribution is -0.107. The highest BCUT2D eigenvalue weighted by atomic mass is 16.1. The van der Waals surface area contributed by atoms with Crippen molar-refractivity contribution in [3.63, 3.8) is 0 Å². The predicted octanol–water partition coefficient (Wildman–Crippen LogP) is 0.161. The van der Waals surface area contributed by atoms with Gasteiger partial charge in [0, 0.05) is 19.7 Å². The van der Waals surface area contributed by atoms with E-state index in [4.69, 9.17) is 0 Å². The van der Waals surface area contributed by atoms with Crippen LogP contribution in [0.4, 0.5) is 0 Å². The van der Waals surface area contributed by atoms with E-state index in [0.717, 1.165) is 12.0 Å². The second-order valence-electron chi connectivity index (χ2n) is 1.90. The molecule has 0 fully saturated rings. The Bertz CT molecular complexity index is 205. The Morgan fingerprint density at radius 2 is 2.67 bits per heavy atom. The molecule has 0 unspecified atom stereocenters. The monoisotopic (exact) mass is 124 g/mol. The topological polar surface area (TPSA) is 34.9 Å². The molecule has 0 spiro atoms. The first-order valence-corrected chi connectivity index (χ1v) is 2.73. The third-order valence-corrected chi connectivity index (χ3v) is 1.05. The Kier molecular flexibility index (Phi) is 1.63. The van der Waals surface area contributed by atoms with Gasteiger partial charge in [-0.15, -0.1) is 0 Å². The van der Waals surface area contributed by atoms with Crippen LogP contribution in [0.1, 0.15) is 5.69 Å². The number of nitrogens with zero attached hydrogens (tertiary/aromatic N) is 2. The number of hydrogen-bond donors (Lipinski definition) is 0. The van der Waals surface area contributed by atoms with Gasteiger partial charge in [-0.2, -0.15) is 0 Å². The molecule has 0 aliphatic heterocycles. The van der Waals surface area contributed by atoms with Gasteiger partial charge in [0.25, 0.3) is 0 Å². The number of aromatic nitrogens is 2. The maximum atomic E-state index is 9.93. The van der Waals surface area contributed by atoms with Crippen LogP contribution in [0.15, 0.2) is 12.5 Å². The molecule has 0 aliphatic carbocycles. The summed E-state index contributed by atoms with van der Waals surface area (Å²) in [5.41, 5.74) is 0.826. The molecular formula is C6H8N2O. The third kappa shape index (κ3) is 1.38. The summed E-state index contributed by atoms with van der Waals surface area (Å²) in [4.78, 5) is 13.9. The van der Waals surface area contributed by atoms with Gasteiger partial charge in [0.15, 0.2) is 0 Å². The highest BCUT2D eigenvalue weighted by Crippen LogP contribution is 1.91. The van der Waals surface area contributed by atoms with E-state index in [-0.39, 0.29) is 0 Å². The highest BCUT2D eigenvalue weighted by Gasteiger charge is 1.91. The molecule has 1 aromatic heterocycles. The van der Waals surface area contributed by atoms with Crippen molar-refractivity contribution in [1.82, 2.24) is 9.55 Å². The summed E-state index contributed by atoms with van der Waals surface area (Å²) in [6.07, 6.45) is 4.77. The first kappa shape index (κ1) is 6.01. The van der Waals surface area contributed by atoms with E-state index in [1.165, 1.54) is 0 Å². The molecule has 0 amide bonds. The Hall–Kier alpha value is -1.12. The van der Waals surface area contributed by atoms with Crippen LogP contribution in [-0.4, -0.2) is 15.8 Å². The molecule has 3 nitrogen and oxygen atoms in total. The zero-order valence-electron chi connectivity index (χ0n) is 5.24. The summed E-state index contributed by atoms with van der Waals surface area (Å²) in [6.45, 7) is 0. The van der Waals surface area contributed by atoms with Gasteiger partial charge in [-0.05, 0) is 0 Å². The van der Waals surface area contributed by atoms with E-state index in [0.29, 0.717) is 6.42 Å². The first-order chi connectivity index (χ1) is 4.33. The number of carbonyl (C=O) groups excluding carboxylic acids is 1. The first-order valence-electron chi connectivity index (χ1n) is 2.73. The molecule has 0 N–H and O–H groups in total. The summed E-state index contributed by atoms with van der Waals surface area (Å²) in [7, 11) is 1.88. The number of rotatable bonds is 2. The number of aryl methyl sites for hydroxylation is 1. The number of carbonyl (C=O) groups is 1. The lowest BCUT2D eigenvalue weighted by Gasteiger charge is -1.81. The average Bonchev–Trinajstić information content (AvgIpc) is 2.17.